The highest BCUT2D eigenvalue weighted by Gasteiger charge is 2.36. The van der Waals surface area contributed by atoms with Crippen molar-refractivity contribution in [2.24, 2.45) is 0 Å². The summed E-state index contributed by atoms with van der Waals surface area (Å²) in [5.41, 5.74) is -0.824. The minimum Gasteiger partial charge on any atom is -0.389 e. The van der Waals surface area contributed by atoms with Crippen molar-refractivity contribution in [3.8, 4) is 0 Å². The first-order valence-electron chi connectivity index (χ1n) is 6.29. The summed E-state index contributed by atoms with van der Waals surface area (Å²) in [6, 6.07) is 0. The molecule has 1 saturated carbocycles. The standard InChI is InChI=1S/C11H24N2O3S/c1-4-13(5-2)17(15,16)12(3)10-11(14)8-6-7-9-11/h14H,4-10H2,1-3H3. The van der Waals surface area contributed by atoms with Gasteiger partial charge in [-0.25, -0.2) is 0 Å². The van der Waals surface area contributed by atoms with E-state index >= 15 is 0 Å². The number of hydrogen-bond donors (Lipinski definition) is 1. The fourth-order valence-electron chi connectivity index (χ4n) is 2.43. The summed E-state index contributed by atoms with van der Waals surface area (Å²) in [6.07, 6.45) is 3.36. The van der Waals surface area contributed by atoms with E-state index < -0.39 is 15.8 Å². The Bertz CT molecular complexity index is 333. The van der Waals surface area contributed by atoms with E-state index in [4.69, 9.17) is 0 Å². The van der Waals surface area contributed by atoms with E-state index in [0.29, 0.717) is 25.9 Å². The molecule has 0 aromatic heterocycles. The molecule has 0 amide bonds. The molecule has 1 fully saturated rings. The maximum Gasteiger partial charge on any atom is 0.281 e. The Kier molecular flexibility index (Phi) is 4.95. The third-order valence-corrected chi connectivity index (χ3v) is 5.56. The van der Waals surface area contributed by atoms with Gasteiger partial charge in [-0.2, -0.15) is 17.0 Å². The Labute approximate surface area is 105 Å². The van der Waals surface area contributed by atoms with Crippen LogP contribution >= 0.6 is 0 Å². The lowest BCUT2D eigenvalue weighted by atomic mass is 10.0. The number of rotatable bonds is 6. The van der Waals surface area contributed by atoms with E-state index in [1.165, 1.54) is 8.61 Å². The van der Waals surface area contributed by atoms with Gasteiger partial charge >= 0.3 is 0 Å². The quantitative estimate of drug-likeness (QED) is 0.772. The van der Waals surface area contributed by atoms with Crippen LogP contribution in [0.1, 0.15) is 39.5 Å². The number of aliphatic hydroxyl groups is 1. The Balaban J connectivity index is 2.71. The van der Waals surface area contributed by atoms with Crippen LogP contribution in [0.2, 0.25) is 0 Å². The monoisotopic (exact) mass is 264 g/mol. The molecule has 0 unspecified atom stereocenters. The molecule has 0 heterocycles. The largest absolute Gasteiger partial charge is 0.389 e. The van der Waals surface area contributed by atoms with Crippen LogP contribution in [0.5, 0.6) is 0 Å². The zero-order valence-corrected chi connectivity index (χ0v) is 11.8. The Morgan fingerprint density at radius 2 is 1.65 bits per heavy atom. The van der Waals surface area contributed by atoms with Gasteiger partial charge in [-0.05, 0) is 12.8 Å². The maximum absolute atomic E-state index is 12.2. The molecule has 5 nitrogen and oxygen atoms in total. The van der Waals surface area contributed by atoms with Gasteiger partial charge in [0.1, 0.15) is 0 Å². The first kappa shape index (κ1) is 14.9. The summed E-state index contributed by atoms with van der Waals surface area (Å²) < 4.78 is 27.0. The Morgan fingerprint density at radius 3 is 2.06 bits per heavy atom. The minimum atomic E-state index is -3.42. The van der Waals surface area contributed by atoms with Crippen molar-refractivity contribution in [1.82, 2.24) is 8.61 Å². The molecule has 0 bridgehead atoms. The van der Waals surface area contributed by atoms with E-state index in [1.807, 2.05) is 13.8 Å². The lowest BCUT2D eigenvalue weighted by Crippen LogP contribution is -2.48. The van der Waals surface area contributed by atoms with Gasteiger partial charge in [-0.3, -0.25) is 0 Å². The van der Waals surface area contributed by atoms with Crippen molar-refractivity contribution in [2.75, 3.05) is 26.7 Å². The highest BCUT2D eigenvalue weighted by atomic mass is 32.2. The predicted octanol–water partition coefficient (Wildman–Crippen LogP) is 0.810. The number of likely N-dealkylation sites (N-methyl/N-ethyl adjacent to an activating group) is 1. The van der Waals surface area contributed by atoms with Crippen LogP contribution in [0, 0.1) is 0 Å². The smallest absolute Gasteiger partial charge is 0.281 e. The zero-order chi connectivity index (χ0) is 13.1. The van der Waals surface area contributed by atoms with Crippen LogP contribution in [0.4, 0.5) is 0 Å². The summed E-state index contributed by atoms with van der Waals surface area (Å²) in [4.78, 5) is 0. The summed E-state index contributed by atoms with van der Waals surface area (Å²) in [6.45, 7) is 4.76. The molecule has 0 spiro atoms. The van der Waals surface area contributed by atoms with Crippen LogP contribution in [-0.2, 0) is 10.2 Å². The molecular weight excluding hydrogens is 240 g/mol. The molecule has 0 aliphatic heterocycles. The van der Waals surface area contributed by atoms with Gasteiger partial charge in [0.2, 0.25) is 0 Å². The highest BCUT2D eigenvalue weighted by Crippen LogP contribution is 2.30. The molecule has 0 aromatic rings. The molecule has 1 aliphatic carbocycles. The SMILES string of the molecule is CCN(CC)S(=O)(=O)N(C)CC1(O)CCCC1. The predicted molar refractivity (Wildman–Crippen MR) is 67.9 cm³/mol. The fourth-order valence-corrected chi connectivity index (χ4v) is 3.88. The van der Waals surface area contributed by atoms with Gasteiger partial charge in [-0.1, -0.05) is 26.7 Å². The highest BCUT2D eigenvalue weighted by molar-refractivity contribution is 7.86. The summed E-state index contributed by atoms with van der Waals surface area (Å²) in [5, 5.41) is 10.2. The molecule has 0 radical (unpaired) electrons. The van der Waals surface area contributed by atoms with Gasteiger partial charge in [0.15, 0.2) is 0 Å². The Hall–Kier alpha value is -0.170. The molecule has 1 N–H and O–H groups in total. The second-order valence-electron chi connectivity index (χ2n) is 4.78. The zero-order valence-electron chi connectivity index (χ0n) is 11.0. The lowest BCUT2D eigenvalue weighted by molar-refractivity contribution is 0.0322. The molecule has 0 aromatic carbocycles. The number of nitrogens with zero attached hydrogens (tertiary/aromatic N) is 2. The van der Waals surface area contributed by atoms with Crippen molar-refractivity contribution < 1.29 is 13.5 Å². The Morgan fingerprint density at radius 1 is 1.18 bits per heavy atom. The average Bonchev–Trinajstić information content (AvgIpc) is 2.66. The van der Waals surface area contributed by atoms with Gasteiger partial charge in [0.05, 0.1) is 5.60 Å². The van der Waals surface area contributed by atoms with Crippen molar-refractivity contribution in [1.29, 1.82) is 0 Å². The van der Waals surface area contributed by atoms with Crippen molar-refractivity contribution in [3.05, 3.63) is 0 Å². The maximum atomic E-state index is 12.2. The molecule has 102 valence electrons. The fraction of sp³-hybridized carbons (Fsp3) is 1.00. The van der Waals surface area contributed by atoms with Crippen molar-refractivity contribution >= 4 is 10.2 Å². The van der Waals surface area contributed by atoms with Crippen molar-refractivity contribution in [2.45, 2.75) is 45.1 Å². The summed E-state index contributed by atoms with van der Waals surface area (Å²) in [7, 11) is -1.87. The van der Waals surface area contributed by atoms with E-state index in [9.17, 15) is 13.5 Å². The molecule has 17 heavy (non-hydrogen) atoms. The van der Waals surface area contributed by atoms with Gasteiger partial charge in [-0.15, -0.1) is 0 Å². The van der Waals surface area contributed by atoms with E-state index in [-0.39, 0.29) is 6.54 Å². The van der Waals surface area contributed by atoms with Crippen LogP contribution in [0.25, 0.3) is 0 Å². The first-order valence-corrected chi connectivity index (χ1v) is 7.69. The van der Waals surface area contributed by atoms with Gasteiger partial charge in [0.25, 0.3) is 10.2 Å². The van der Waals surface area contributed by atoms with Crippen LogP contribution in [0.15, 0.2) is 0 Å². The third kappa shape index (κ3) is 3.40. The lowest BCUT2D eigenvalue weighted by Gasteiger charge is -2.31. The summed E-state index contributed by atoms with van der Waals surface area (Å²) in [5.74, 6) is 0. The second-order valence-corrected chi connectivity index (χ2v) is 6.81. The number of hydrogen-bond acceptors (Lipinski definition) is 3. The molecule has 1 aliphatic rings. The van der Waals surface area contributed by atoms with E-state index in [0.717, 1.165) is 12.8 Å². The third-order valence-electron chi connectivity index (χ3n) is 3.48. The van der Waals surface area contributed by atoms with E-state index in [1.54, 1.807) is 7.05 Å². The molecule has 0 atom stereocenters. The van der Waals surface area contributed by atoms with Crippen molar-refractivity contribution in [3.63, 3.8) is 0 Å². The molecular formula is C11H24N2O3S. The van der Waals surface area contributed by atoms with Crippen LogP contribution < -0.4 is 0 Å². The van der Waals surface area contributed by atoms with E-state index in [2.05, 4.69) is 0 Å². The van der Waals surface area contributed by atoms with Gasteiger partial charge < -0.3 is 5.11 Å². The minimum absolute atomic E-state index is 0.200. The normalized spacial score (nSPS) is 20.4. The van der Waals surface area contributed by atoms with Crippen LogP contribution in [-0.4, -0.2) is 54.4 Å². The molecule has 1 rings (SSSR count). The summed E-state index contributed by atoms with van der Waals surface area (Å²) >= 11 is 0. The van der Waals surface area contributed by atoms with Gasteiger partial charge in [0, 0.05) is 26.7 Å². The average molecular weight is 264 g/mol. The van der Waals surface area contributed by atoms with Crippen LogP contribution in [0.3, 0.4) is 0 Å². The first-order chi connectivity index (χ1) is 7.85. The molecule has 0 saturated heterocycles. The molecule has 6 heteroatoms. The topological polar surface area (TPSA) is 60.9 Å². The second kappa shape index (κ2) is 5.65.